The highest BCUT2D eigenvalue weighted by molar-refractivity contribution is 6.46. The highest BCUT2D eigenvalue weighted by Gasteiger charge is 2.40. The van der Waals surface area contributed by atoms with Crippen LogP contribution in [0.3, 0.4) is 0 Å². The van der Waals surface area contributed by atoms with Gasteiger partial charge in [-0.1, -0.05) is 36.4 Å². The molecule has 31 heavy (non-hydrogen) atoms. The highest BCUT2D eigenvalue weighted by atomic mass is 16.5. The van der Waals surface area contributed by atoms with E-state index in [-0.39, 0.29) is 17.5 Å². The van der Waals surface area contributed by atoms with E-state index in [1.165, 1.54) is 4.90 Å². The molecule has 0 saturated carbocycles. The van der Waals surface area contributed by atoms with Crippen LogP contribution >= 0.6 is 0 Å². The number of rotatable bonds is 5. The van der Waals surface area contributed by atoms with E-state index >= 15 is 0 Å². The van der Waals surface area contributed by atoms with Gasteiger partial charge in [-0.25, -0.2) is 4.90 Å². The van der Waals surface area contributed by atoms with Crippen LogP contribution in [0.4, 0.5) is 11.4 Å². The van der Waals surface area contributed by atoms with Crippen LogP contribution in [0.15, 0.2) is 72.4 Å². The molecule has 0 radical (unpaired) electrons. The molecule has 0 aromatic heterocycles. The fourth-order valence-electron chi connectivity index (χ4n) is 3.72. The lowest BCUT2D eigenvalue weighted by molar-refractivity contribution is -0.120. The number of imide groups is 1. The van der Waals surface area contributed by atoms with Crippen molar-refractivity contribution in [3.05, 3.63) is 94.7 Å². The van der Waals surface area contributed by atoms with Gasteiger partial charge in [-0.15, -0.1) is 0 Å². The molecule has 0 aliphatic carbocycles. The van der Waals surface area contributed by atoms with Gasteiger partial charge >= 0.3 is 0 Å². The number of hydrogen-bond acceptors (Lipinski definition) is 4. The van der Waals surface area contributed by atoms with Crippen molar-refractivity contribution in [2.24, 2.45) is 0 Å². The monoisotopic (exact) mass is 412 g/mol. The Labute approximate surface area is 182 Å². The standard InChI is InChI=1S/C26H24N2O3/c1-16-6-5-7-20(14-16)27-24-23(19-10-12-21(31-4)13-11-19)25(29)28(26(24)30)22-15-17(2)8-9-18(22)3/h5-15,27H,1-4H3. The fourth-order valence-corrected chi connectivity index (χ4v) is 3.72. The van der Waals surface area contributed by atoms with E-state index in [0.29, 0.717) is 22.6 Å². The van der Waals surface area contributed by atoms with Crippen molar-refractivity contribution in [2.75, 3.05) is 17.3 Å². The Morgan fingerprint density at radius 1 is 0.806 bits per heavy atom. The Morgan fingerprint density at radius 2 is 1.52 bits per heavy atom. The van der Waals surface area contributed by atoms with Gasteiger partial charge in [0, 0.05) is 5.69 Å². The van der Waals surface area contributed by atoms with E-state index in [1.807, 2.05) is 63.2 Å². The quantitative estimate of drug-likeness (QED) is 0.598. The third kappa shape index (κ3) is 3.82. The van der Waals surface area contributed by atoms with E-state index in [9.17, 15) is 9.59 Å². The molecule has 4 rings (SSSR count). The lowest BCUT2D eigenvalue weighted by Crippen LogP contribution is -2.33. The highest BCUT2D eigenvalue weighted by Crippen LogP contribution is 2.36. The SMILES string of the molecule is COc1ccc(C2=C(Nc3cccc(C)c3)C(=O)N(c3cc(C)ccc3C)C2=O)cc1. The van der Waals surface area contributed by atoms with E-state index in [4.69, 9.17) is 4.74 Å². The summed E-state index contributed by atoms with van der Waals surface area (Å²) < 4.78 is 5.24. The summed E-state index contributed by atoms with van der Waals surface area (Å²) in [6, 6.07) is 20.6. The molecule has 2 amide bonds. The molecule has 0 spiro atoms. The lowest BCUT2D eigenvalue weighted by Gasteiger charge is -2.18. The number of carbonyl (C=O) groups is 2. The second-order valence-electron chi connectivity index (χ2n) is 7.71. The molecular formula is C26H24N2O3. The molecule has 156 valence electrons. The van der Waals surface area contributed by atoms with Crippen LogP contribution in [0.25, 0.3) is 5.57 Å². The fraction of sp³-hybridized carbons (Fsp3) is 0.154. The van der Waals surface area contributed by atoms with Crippen LogP contribution in [0.2, 0.25) is 0 Å². The molecule has 3 aromatic carbocycles. The molecule has 0 fully saturated rings. The van der Waals surface area contributed by atoms with Gasteiger partial charge in [0.25, 0.3) is 11.8 Å². The molecule has 5 nitrogen and oxygen atoms in total. The molecule has 1 aliphatic rings. The Kier molecular flexibility index (Phi) is 5.34. The van der Waals surface area contributed by atoms with Crippen molar-refractivity contribution in [1.29, 1.82) is 0 Å². The minimum Gasteiger partial charge on any atom is -0.497 e. The molecule has 0 unspecified atom stereocenters. The molecule has 1 aliphatic heterocycles. The lowest BCUT2D eigenvalue weighted by atomic mass is 10.0. The van der Waals surface area contributed by atoms with Crippen LogP contribution in [0, 0.1) is 20.8 Å². The first-order valence-corrected chi connectivity index (χ1v) is 10.1. The number of nitrogens with one attached hydrogen (secondary N) is 1. The Hall–Kier alpha value is -3.86. The molecule has 1 heterocycles. The average molecular weight is 412 g/mol. The summed E-state index contributed by atoms with van der Waals surface area (Å²) >= 11 is 0. The minimum atomic E-state index is -0.369. The summed E-state index contributed by atoms with van der Waals surface area (Å²) in [5, 5.41) is 3.21. The van der Waals surface area contributed by atoms with Crippen molar-refractivity contribution in [2.45, 2.75) is 20.8 Å². The van der Waals surface area contributed by atoms with Crippen LogP contribution in [-0.2, 0) is 9.59 Å². The van der Waals surface area contributed by atoms with Crippen LogP contribution in [0.1, 0.15) is 22.3 Å². The third-order valence-electron chi connectivity index (χ3n) is 5.36. The molecule has 1 N–H and O–H groups in total. The molecule has 0 atom stereocenters. The number of amides is 2. The second-order valence-corrected chi connectivity index (χ2v) is 7.71. The number of hydrogen-bond donors (Lipinski definition) is 1. The third-order valence-corrected chi connectivity index (χ3v) is 5.36. The van der Waals surface area contributed by atoms with Crippen molar-refractivity contribution >= 4 is 28.8 Å². The maximum Gasteiger partial charge on any atom is 0.282 e. The minimum absolute atomic E-state index is 0.265. The van der Waals surface area contributed by atoms with Crippen LogP contribution < -0.4 is 15.0 Å². The summed E-state index contributed by atoms with van der Waals surface area (Å²) in [4.78, 5) is 28.4. The van der Waals surface area contributed by atoms with Crippen molar-refractivity contribution in [3.8, 4) is 5.75 Å². The van der Waals surface area contributed by atoms with Gasteiger partial charge in [0.2, 0.25) is 0 Å². The van der Waals surface area contributed by atoms with Gasteiger partial charge in [-0.2, -0.15) is 0 Å². The number of carbonyl (C=O) groups excluding carboxylic acids is 2. The van der Waals surface area contributed by atoms with Gasteiger partial charge in [-0.3, -0.25) is 9.59 Å². The molecular weight excluding hydrogens is 388 g/mol. The summed E-state index contributed by atoms with van der Waals surface area (Å²) in [7, 11) is 1.59. The zero-order valence-electron chi connectivity index (χ0n) is 18.0. The van der Waals surface area contributed by atoms with Crippen molar-refractivity contribution < 1.29 is 14.3 Å². The normalized spacial score (nSPS) is 13.7. The smallest absolute Gasteiger partial charge is 0.282 e. The van der Waals surface area contributed by atoms with Crippen molar-refractivity contribution in [3.63, 3.8) is 0 Å². The number of aryl methyl sites for hydroxylation is 3. The van der Waals surface area contributed by atoms with Gasteiger partial charge in [0.15, 0.2) is 0 Å². The van der Waals surface area contributed by atoms with Gasteiger partial charge in [0.1, 0.15) is 11.4 Å². The molecule has 5 heteroatoms. The summed E-state index contributed by atoms with van der Waals surface area (Å²) in [5.74, 6) is -0.0363. The summed E-state index contributed by atoms with van der Waals surface area (Å²) in [5.41, 5.74) is 5.51. The van der Waals surface area contributed by atoms with Gasteiger partial charge in [0.05, 0.1) is 18.4 Å². The number of methoxy groups -OCH3 is 1. The number of ether oxygens (including phenoxy) is 1. The predicted octanol–water partition coefficient (Wildman–Crippen LogP) is 5.02. The number of benzene rings is 3. The van der Waals surface area contributed by atoms with Crippen molar-refractivity contribution in [1.82, 2.24) is 0 Å². The van der Waals surface area contributed by atoms with Gasteiger partial charge in [-0.05, 0) is 73.4 Å². The zero-order valence-corrected chi connectivity index (χ0v) is 18.0. The first kappa shape index (κ1) is 20.4. The van der Waals surface area contributed by atoms with E-state index in [2.05, 4.69) is 5.32 Å². The first-order valence-electron chi connectivity index (χ1n) is 10.1. The van der Waals surface area contributed by atoms with E-state index in [1.54, 1.807) is 31.4 Å². The predicted molar refractivity (Wildman–Crippen MR) is 123 cm³/mol. The Morgan fingerprint density at radius 3 is 2.19 bits per heavy atom. The van der Waals surface area contributed by atoms with E-state index < -0.39 is 0 Å². The zero-order chi connectivity index (χ0) is 22.1. The Bertz CT molecular complexity index is 1210. The topological polar surface area (TPSA) is 58.6 Å². The number of anilines is 2. The molecule has 0 bridgehead atoms. The summed E-state index contributed by atoms with van der Waals surface area (Å²) in [6.07, 6.45) is 0. The second kappa shape index (κ2) is 8.11. The van der Waals surface area contributed by atoms with Crippen LogP contribution in [0.5, 0.6) is 5.75 Å². The number of nitrogens with zero attached hydrogens (tertiary/aromatic N) is 1. The first-order chi connectivity index (χ1) is 14.9. The molecule has 0 saturated heterocycles. The maximum absolute atomic E-state index is 13.6. The maximum atomic E-state index is 13.6. The summed E-state index contributed by atoms with van der Waals surface area (Å²) in [6.45, 7) is 5.82. The van der Waals surface area contributed by atoms with E-state index in [0.717, 1.165) is 22.4 Å². The molecule has 3 aromatic rings. The Balaban J connectivity index is 1.85. The average Bonchev–Trinajstić information content (AvgIpc) is 2.99. The van der Waals surface area contributed by atoms with Gasteiger partial charge < -0.3 is 10.1 Å². The largest absolute Gasteiger partial charge is 0.497 e. The van der Waals surface area contributed by atoms with Crippen LogP contribution in [-0.4, -0.2) is 18.9 Å².